The topological polar surface area (TPSA) is 49.3 Å². The van der Waals surface area contributed by atoms with Gasteiger partial charge in [0.05, 0.1) is 6.61 Å². The van der Waals surface area contributed by atoms with Gasteiger partial charge < -0.3 is 10.4 Å². The van der Waals surface area contributed by atoms with Crippen LogP contribution in [-0.4, -0.2) is 39.5 Å². The summed E-state index contributed by atoms with van der Waals surface area (Å²) in [6.07, 6.45) is 2.98. The molecule has 0 aromatic heterocycles. The molecule has 0 radical (unpaired) electrons. The maximum Gasteiger partial charge on any atom is 0.0584 e. The summed E-state index contributed by atoms with van der Waals surface area (Å²) in [5, 5.41) is 12.7. The minimum atomic E-state index is -0.591. The molecule has 0 bridgehead atoms. The molecule has 1 heterocycles. The predicted molar refractivity (Wildman–Crippen MR) is 64.4 cm³/mol. The van der Waals surface area contributed by atoms with Gasteiger partial charge in [0.1, 0.15) is 0 Å². The van der Waals surface area contributed by atoms with E-state index in [0.717, 1.165) is 30.8 Å². The second kappa shape index (κ2) is 6.61. The van der Waals surface area contributed by atoms with E-state index in [2.05, 4.69) is 19.2 Å². The van der Waals surface area contributed by atoms with Crippen LogP contribution in [0.5, 0.6) is 0 Å². The molecule has 1 saturated heterocycles. The van der Waals surface area contributed by atoms with Crippen molar-refractivity contribution in [3.8, 4) is 0 Å². The second-order valence-corrected chi connectivity index (χ2v) is 6.49. The van der Waals surface area contributed by atoms with Crippen LogP contribution in [0.4, 0.5) is 0 Å². The van der Waals surface area contributed by atoms with Gasteiger partial charge in [-0.1, -0.05) is 13.8 Å². The summed E-state index contributed by atoms with van der Waals surface area (Å²) in [4.78, 5) is 0. The number of aliphatic hydroxyl groups is 1. The van der Waals surface area contributed by atoms with Gasteiger partial charge >= 0.3 is 0 Å². The van der Waals surface area contributed by atoms with Crippen LogP contribution in [0.15, 0.2) is 0 Å². The molecule has 1 rings (SSSR count). The average molecular weight is 233 g/mol. The molecule has 0 aromatic rings. The first-order valence-corrected chi connectivity index (χ1v) is 7.32. The van der Waals surface area contributed by atoms with Gasteiger partial charge in [0.2, 0.25) is 0 Å². The Bertz CT molecular complexity index is 199. The molecule has 15 heavy (non-hydrogen) atoms. The number of nitrogens with one attached hydrogen (secondary N) is 1. The summed E-state index contributed by atoms with van der Waals surface area (Å²) in [5.41, 5.74) is 0. The zero-order valence-corrected chi connectivity index (χ0v) is 10.6. The van der Waals surface area contributed by atoms with Crippen LogP contribution in [0.2, 0.25) is 0 Å². The van der Waals surface area contributed by atoms with Gasteiger partial charge in [0.25, 0.3) is 0 Å². The van der Waals surface area contributed by atoms with E-state index >= 15 is 0 Å². The molecule has 0 aliphatic carbocycles. The molecule has 90 valence electrons. The highest BCUT2D eigenvalue weighted by atomic mass is 32.2. The van der Waals surface area contributed by atoms with Crippen LogP contribution in [0, 0.1) is 5.92 Å². The minimum Gasteiger partial charge on any atom is -0.395 e. The van der Waals surface area contributed by atoms with Crippen LogP contribution in [0.3, 0.4) is 0 Å². The fourth-order valence-corrected chi connectivity index (χ4v) is 3.36. The Morgan fingerprint density at radius 3 is 2.47 bits per heavy atom. The molecule has 1 fully saturated rings. The van der Waals surface area contributed by atoms with Crippen LogP contribution in [-0.2, 0) is 10.8 Å². The van der Waals surface area contributed by atoms with E-state index in [1.165, 1.54) is 0 Å². The Morgan fingerprint density at radius 2 is 2.00 bits per heavy atom. The fraction of sp³-hybridized carbons (Fsp3) is 1.00. The van der Waals surface area contributed by atoms with E-state index in [1.807, 2.05) is 0 Å². The Balaban J connectivity index is 2.28. The lowest BCUT2D eigenvalue weighted by Crippen LogP contribution is -2.44. The van der Waals surface area contributed by atoms with Crippen molar-refractivity contribution in [3.63, 3.8) is 0 Å². The zero-order valence-electron chi connectivity index (χ0n) is 9.74. The SMILES string of the molecule is CC(C)CC(CO)NC1CCS(=O)CC1. The highest BCUT2D eigenvalue weighted by Gasteiger charge is 2.20. The van der Waals surface area contributed by atoms with Crippen molar-refractivity contribution in [2.24, 2.45) is 5.92 Å². The van der Waals surface area contributed by atoms with Gasteiger partial charge in [0.15, 0.2) is 0 Å². The van der Waals surface area contributed by atoms with Crippen molar-refractivity contribution in [3.05, 3.63) is 0 Å². The van der Waals surface area contributed by atoms with Crippen LogP contribution < -0.4 is 5.32 Å². The highest BCUT2D eigenvalue weighted by molar-refractivity contribution is 7.85. The third-order valence-electron chi connectivity index (χ3n) is 2.84. The smallest absolute Gasteiger partial charge is 0.0584 e. The molecule has 0 amide bonds. The summed E-state index contributed by atoms with van der Waals surface area (Å²) in [6.45, 7) is 4.54. The lowest BCUT2D eigenvalue weighted by Gasteiger charge is -2.28. The van der Waals surface area contributed by atoms with Gasteiger partial charge in [-0.25, -0.2) is 0 Å². The third-order valence-corrected chi connectivity index (χ3v) is 4.22. The van der Waals surface area contributed by atoms with E-state index in [9.17, 15) is 9.32 Å². The molecule has 1 atom stereocenters. The molecule has 1 unspecified atom stereocenters. The molecule has 2 N–H and O–H groups in total. The van der Waals surface area contributed by atoms with E-state index < -0.39 is 10.8 Å². The lowest BCUT2D eigenvalue weighted by atomic mass is 10.0. The fourth-order valence-electron chi connectivity index (χ4n) is 2.06. The predicted octanol–water partition coefficient (Wildman–Crippen LogP) is 0.894. The van der Waals surface area contributed by atoms with E-state index in [0.29, 0.717) is 12.0 Å². The molecule has 0 aromatic carbocycles. The standard InChI is InChI=1S/C11H23NO2S/c1-9(2)7-11(8-13)12-10-3-5-15(14)6-4-10/h9-13H,3-8H2,1-2H3. The van der Waals surface area contributed by atoms with Gasteiger partial charge in [-0.3, -0.25) is 4.21 Å². The van der Waals surface area contributed by atoms with Crippen molar-refractivity contribution >= 4 is 10.8 Å². The molecule has 1 aliphatic heterocycles. The van der Waals surface area contributed by atoms with Crippen molar-refractivity contribution in [2.45, 2.75) is 45.2 Å². The first kappa shape index (κ1) is 13.1. The third kappa shape index (κ3) is 5.09. The number of rotatable bonds is 5. The molecule has 0 saturated carbocycles. The van der Waals surface area contributed by atoms with E-state index in [-0.39, 0.29) is 12.6 Å². The number of aliphatic hydroxyl groups excluding tert-OH is 1. The monoisotopic (exact) mass is 233 g/mol. The summed E-state index contributed by atoms with van der Waals surface area (Å²) in [5.74, 6) is 2.24. The molecule has 0 spiro atoms. The molecular weight excluding hydrogens is 210 g/mol. The summed E-state index contributed by atoms with van der Waals surface area (Å²) < 4.78 is 11.2. The minimum absolute atomic E-state index is 0.206. The first-order chi connectivity index (χ1) is 7.11. The maximum atomic E-state index is 11.2. The van der Waals surface area contributed by atoms with E-state index in [1.54, 1.807) is 0 Å². The van der Waals surface area contributed by atoms with Crippen LogP contribution in [0.25, 0.3) is 0 Å². The molecule has 1 aliphatic rings. The Morgan fingerprint density at radius 1 is 1.40 bits per heavy atom. The largest absolute Gasteiger partial charge is 0.395 e. The summed E-state index contributed by atoms with van der Waals surface area (Å²) in [7, 11) is -0.591. The zero-order chi connectivity index (χ0) is 11.3. The van der Waals surface area contributed by atoms with Crippen molar-refractivity contribution in [2.75, 3.05) is 18.1 Å². The normalized spacial score (nSPS) is 29.3. The van der Waals surface area contributed by atoms with Gasteiger partial charge in [-0.2, -0.15) is 0 Å². The summed E-state index contributed by atoms with van der Waals surface area (Å²) >= 11 is 0. The molecular formula is C11H23NO2S. The second-order valence-electron chi connectivity index (χ2n) is 4.80. The Kier molecular flexibility index (Phi) is 5.79. The van der Waals surface area contributed by atoms with Crippen LogP contribution >= 0.6 is 0 Å². The number of hydrogen-bond acceptors (Lipinski definition) is 3. The Labute approximate surface area is 95.1 Å². The van der Waals surface area contributed by atoms with Crippen molar-refractivity contribution in [1.29, 1.82) is 0 Å². The first-order valence-electron chi connectivity index (χ1n) is 5.83. The summed E-state index contributed by atoms with van der Waals surface area (Å²) in [6, 6.07) is 0.667. The van der Waals surface area contributed by atoms with Gasteiger partial charge in [-0.15, -0.1) is 0 Å². The van der Waals surface area contributed by atoms with Gasteiger partial charge in [-0.05, 0) is 25.2 Å². The Hall–Kier alpha value is 0.0700. The van der Waals surface area contributed by atoms with E-state index in [4.69, 9.17) is 0 Å². The highest BCUT2D eigenvalue weighted by Crippen LogP contribution is 2.12. The molecule has 4 heteroatoms. The van der Waals surface area contributed by atoms with Crippen LogP contribution in [0.1, 0.15) is 33.1 Å². The quantitative estimate of drug-likeness (QED) is 0.741. The van der Waals surface area contributed by atoms with Crippen molar-refractivity contribution < 1.29 is 9.32 Å². The molecule has 3 nitrogen and oxygen atoms in total. The van der Waals surface area contributed by atoms with Crippen molar-refractivity contribution in [1.82, 2.24) is 5.32 Å². The lowest BCUT2D eigenvalue weighted by molar-refractivity contribution is 0.210. The maximum absolute atomic E-state index is 11.2. The van der Waals surface area contributed by atoms with Gasteiger partial charge in [0, 0.05) is 34.4 Å². The number of hydrogen-bond donors (Lipinski definition) is 2. The average Bonchev–Trinajstić information content (AvgIpc) is 2.19.